The predicted octanol–water partition coefficient (Wildman–Crippen LogP) is 1.58. The van der Waals surface area contributed by atoms with E-state index in [4.69, 9.17) is 0 Å². The summed E-state index contributed by atoms with van der Waals surface area (Å²) < 4.78 is 2.20. The first-order chi connectivity index (χ1) is 7.19. The molecule has 1 aromatic rings. The van der Waals surface area contributed by atoms with E-state index in [1.807, 2.05) is 6.33 Å². The molecule has 3 heteroatoms. The first-order valence-corrected chi connectivity index (χ1v) is 5.95. The van der Waals surface area contributed by atoms with Gasteiger partial charge in [0.05, 0.1) is 23.3 Å². The van der Waals surface area contributed by atoms with Crippen LogP contribution in [0.5, 0.6) is 0 Å². The molecule has 0 radical (unpaired) electrons. The molecule has 0 spiro atoms. The number of hydrogen-bond acceptors (Lipinski definition) is 2. The number of nitrogens with zero attached hydrogens (tertiary/aromatic N) is 2. The number of imidazole rings is 1. The highest BCUT2D eigenvalue weighted by molar-refractivity contribution is 5.26. The summed E-state index contributed by atoms with van der Waals surface area (Å²) in [6, 6.07) is 0. The number of nitrogens with one attached hydrogen (secondary N) is 1. The van der Waals surface area contributed by atoms with E-state index in [-0.39, 0.29) is 5.54 Å². The van der Waals surface area contributed by atoms with Gasteiger partial charge in [0.1, 0.15) is 0 Å². The van der Waals surface area contributed by atoms with Gasteiger partial charge in [-0.1, -0.05) is 12.8 Å². The molecule has 2 aliphatic rings. The Balaban J connectivity index is 1.98. The minimum atomic E-state index is 0.167. The third-order valence-electron chi connectivity index (χ3n) is 3.81. The maximum absolute atomic E-state index is 4.50. The summed E-state index contributed by atoms with van der Waals surface area (Å²) in [5.74, 6) is 0.948. The van der Waals surface area contributed by atoms with Crippen molar-refractivity contribution in [1.82, 2.24) is 14.9 Å². The van der Waals surface area contributed by atoms with Crippen molar-refractivity contribution in [2.24, 2.45) is 13.0 Å². The zero-order valence-electron chi connectivity index (χ0n) is 9.58. The Morgan fingerprint density at radius 2 is 2.40 bits per heavy atom. The SMILES string of the molecule is Cn1cnc2c1C(C)(CC1CC1)NCC2. The van der Waals surface area contributed by atoms with Gasteiger partial charge in [-0.05, 0) is 19.3 Å². The third-order valence-corrected chi connectivity index (χ3v) is 3.81. The molecule has 1 saturated carbocycles. The molecule has 3 rings (SSSR count). The molecule has 1 aliphatic carbocycles. The first kappa shape index (κ1) is 9.40. The second kappa shape index (κ2) is 3.08. The molecule has 0 saturated heterocycles. The average Bonchev–Trinajstić information content (AvgIpc) is 2.89. The Labute approximate surface area is 90.9 Å². The van der Waals surface area contributed by atoms with Gasteiger partial charge in [-0.2, -0.15) is 0 Å². The molecular weight excluding hydrogens is 186 g/mol. The van der Waals surface area contributed by atoms with E-state index in [0.29, 0.717) is 0 Å². The summed E-state index contributed by atoms with van der Waals surface area (Å²) in [6.45, 7) is 3.41. The number of aromatic nitrogens is 2. The standard InChI is InChI=1S/C12H19N3/c1-12(7-9-3-4-9)11-10(5-6-14-12)13-8-15(11)2/h8-9,14H,3-7H2,1-2H3. The second-order valence-electron chi connectivity index (χ2n) is 5.31. The van der Waals surface area contributed by atoms with Crippen LogP contribution < -0.4 is 5.32 Å². The van der Waals surface area contributed by atoms with E-state index in [2.05, 4.69) is 28.8 Å². The number of rotatable bonds is 2. The Kier molecular flexibility index (Phi) is 1.93. The summed E-state index contributed by atoms with van der Waals surface area (Å²) in [4.78, 5) is 4.50. The maximum atomic E-state index is 4.50. The smallest absolute Gasteiger partial charge is 0.0949 e. The van der Waals surface area contributed by atoms with E-state index >= 15 is 0 Å². The molecule has 1 fully saturated rings. The van der Waals surface area contributed by atoms with E-state index in [1.54, 1.807) is 0 Å². The van der Waals surface area contributed by atoms with Crippen molar-refractivity contribution in [1.29, 1.82) is 0 Å². The lowest BCUT2D eigenvalue weighted by Gasteiger charge is -2.36. The van der Waals surface area contributed by atoms with E-state index < -0.39 is 0 Å². The van der Waals surface area contributed by atoms with Gasteiger partial charge in [0.25, 0.3) is 0 Å². The molecule has 0 amide bonds. The topological polar surface area (TPSA) is 29.9 Å². The van der Waals surface area contributed by atoms with Gasteiger partial charge < -0.3 is 9.88 Å². The Morgan fingerprint density at radius 3 is 3.13 bits per heavy atom. The van der Waals surface area contributed by atoms with Gasteiger partial charge in [0, 0.05) is 20.0 Å². The van der Waals surface area contributed by atoms with Gasteiger partial charge >= 0.3 is 0 Å². The second-order valence-corrected chi connectivity index (χ2v) is 5.31. The minimum absolute atomic E-state index is 0.167. The molecule has 1 unspecified atom stereocenters. The van der Waals surface area contributed by atoms with E-state index in [1.165, 1.54) is 30.7 Å². The molecule has 1 aliphatic heterocycles. The van der Waals surface area contributed by atoms with Crippen molar-refractivity contribution in [3.63, 3.8) is 0 Å². The quantitative estimate of drug-likeness (QED) is 0.794. The van der Waals surface area contributed by atoms with Gasteiger partial charge in [0.2, 0.25) is 0 Å². The van der Waals surface area contributed by atoms with Crippen molar-refractivity contribution < 1.29 is 0 Å². The van der Waals surface area contributed by atoms with Crippen molar-refractivity contribution in [3.8, 4) is 0 Å². The van der Waals surface area contributed by atoms with Crippen LogP contribution in [0.1, 0.15) is 37.6 Å². The van der Waals surface area contributed by atoms with Crippen molar-refractivity contribution >= 4 is 0 Å². The number of fused-ring (bicyclic) bond motifs is 1. The Hall–Kier alpha value is -0.830. The summed E-state index contributed by atoms with van der Waals surface area (Å²) in [5, 5.41) is 3.69. The van der Waals surface area contributed by atoms with Crippen LogP contribution >= 0.6 is 0 Å². The van der Waals surface area contributed by atoms with Crippen molar-refractivity contribution in [3.05, 3.63) is 17.7 Å². The zero-order chi connectivity index (χ0) is 10.5. The molecule has 82 valence electrons. The van der Waals surface area contributed by atoms with Crippen LogP contribution in [0.3, 0.4) is 0 Å². The Morgan fingerprint density at radius 1 is 1.60 bits per heavy atom. The number of hydrogen-bond donors (Lipinski definition) is 1. The zero-order valence-corrected chi connectivity index (χ0v) is 9.58. The van der Waals surface area contributed by atoms with Gasteiger partial charge in [-0.3, -0.25) is 0 Å². The van der Waals surface area contributed by atoms with E-state index in [0.717, 1.165) is 18.9 Å². The van der Waals surface area contributed by atoms with Crippen LogP contribution in [0.4, 0.5) is 0 Å². The van der Waals surface area contributed by atoms with Gasteiger partial charge in [0.15, 0.2) is 0 Å². The van der Waals surface area contributed by atoms with Crippen LogP contribution in [0, 0.1) is 5.92 Å². The molecule has 2 heterocycles. The fourth-order valence-electron chi connectivity index (χ4n) is 2.98. The molecule has 3 nitrogen and oxygen atoms in total. The normalized spacial score (nSPS) is 30.3. The monoisotopic (exact) mass is 205 g/mol. The predicted molar refractivity (Wildman–Crippen MR) is 59.6 cm³/mol. The highest BCUT2D eigenvalue weighted by Crippen LogP contribution is 2.42. The fraction of sp³-hybridized carbons (Fsp3) is 0.750. The van der Waals surface area contributed by atoms with Crippen molar-refractivity contribution in [2.45, 2.75) is 38.1 Å². The molecule has 0 aromatic carbocycles. The minimum Gasteiger partial charge on any atom is -0.336 e. The molecular formula is C12H19N3. The molecule has 0 bridgehead atoms. The largest absolute Gasteiger partial charge is 0.336 e. The molecule has 1 atom stereocenters. The number of aryl methyl sites for hydroxylation is 1. The average molecular weight is 205 g/mol. The summed E-state index contributed by atoms with van der Waals surface area (Å²) in [5.41, 5.74) is 2.89. The molecule has 15 heavy (non-hydrogen) atoms. The van der Waals surface area contributed by atoms with Gasteiger partial charge in [-0.15, -0.1) is 0 Å². The van der Waals surface area contributed by atoms with Crippen LogP contribution in [0.2, 0.25) is 0 Å². The van der Waals surface area contributed by atoms with Crippen molar-refractivity contribution in [2.75, 3.05) is 6.54 Å². The highest BCUT2D eigenvalue weighted by atomic mass is 15.1. The lowest BCUT2D eigenvalue weighted by Crippen LogP contribution is -2.46. The van der Waals surface area contributed by atoms with E-state index in [9.17, 15) is 0 Å². The molecule has 1 aromatic heterocycles. The fourth-order valence-corrected chi connectivity index (χ4v) is 2.98. The van der Waals surface area contributed by atoms with Crippen LogP contribution in [-0.4, -0.2) is 16.1 Å². The molecule has 1 N–H and O–H groups in total. The summed E-state index contributed by atoms with van der Waals surface area (Å²) >= 11 is 0. The summed E-state index contributed by atoms with van der Waals surface area (Å²) in [7, 11) is 2.12. The lowest BCUT2D eigenvalue weighted by atomic mass is 9.86. The van der Waals surface area contributed by atoms with Crippen LogP contribution in [0.25, 0.3) is 0 Å². The summed E-state index contributed by atoms with van der Waals surface area (Å²) in [6.07, 6.45) is 7.16. The van der Waals surface area contributed by atoms with Crippen LogP contribution in [0.15, 0.2) is 6.33 Å². The Bertz CT molecular complexity index is 378. The highest BCUT2D eigenvalue weighted by Gasteiger charge is 2.39. The first-order valence-electron chi connectivity index (χ1n) is 5.95. The maximum Gasteiger partial charge on any atom is 0.0949 e. The third kappa shape index (κ3) is 1.49. The van der Waals surface area contributed by atoms with Crippen LogP contribution in [-0.2, 0) is 19.0 Å². The van der Waals surface area contributed by atoms with Gasteiger partial charge in [-0.25, -0.2) is 4.98 Å². The lowest BCUT2D eigenvalue weighted by molar-refractivity contribution is 0.290.